The molecule has 196 valence electrons. The zero-order chi connectivity index (χ0) is 27.9. The van der Waals surface area contributed by atoms with Gasteiger partial charge in [0.15, 0.2) is 0 Å². The van der Waals surface area contributed by atoms with Crippen LogP contribution in [0.25, 0.3) is 22.1 Å². The molecule has 0 aliphatic heterocycles. The summed E-state index contributed by atoms with van der Waals surface area (Å²) in [5.41, 5.74) is 2.80. The summed E-state index contributed by atoms with van der Waals surface area (Å²) < 4.78 is 85.4. The van der Waals surface area contributed by atoms with Gasteiger partial charge in [-0.1, -0.05) is 66.7 Å². The van der Waals surface area contributed by atoms with Gasteiger partial charge in [0.2, 0.25) is 0 Å². The van der Waals surface area contributed by atoms with Crippen molar-refractivity contribution < 1.29 is 45.1 Å². The van der Waals surface area contributed by atoms with Gasteiger partial charge >= 0.3 is 29.6 Å². The first-order valence-corrected chi connectivity index (χ1v) is 10.5. The molecule has 0 spiro atoms. The zero-order valence-electron chi connectivity index (χ0n) is 18.4. The molecule has 0 aliphatic rings. The molecule has 0 radical (unpaired) electrons. The molecule has 0 amide bonds. The number of rotatable bonds is 3. The normalized spacial score (nSPS) is 11.6. The fourth-order valence-corrected chi connectivity index (χ4v) is 2.81. The van der Waals surface area contributed by atoms with E-state index in [1.165, 1.54) is 17.2 Å². The molecule has 4 aromatic rings. The summed E-state index contributed by atoms with van der Waals surface area (Å²) >= 11 is 4.13. The molecule has 3 aromatic carbocycles. The quantitative estimate of drug-likeness (QED) is 0.160. The van der Waals surface area contributed by atoms with Crippen molar-refractivity contribution in [3.8, 4) is 11.1 Å². The summed E-state index contributed by atoms with van der Waals surface area (Å²) in [6.45, 7) is 0. The average molecular weight is 546 g/mol. The average Bonchev–Trinajstić information content (AvgIpc) is 2.85. The third-order valence-electron chi connectivity index (χ3n) is 4.51. The van der Waals surface area contributed by atoms with Gasteiger partial charge in [-0.05, 0) is 29.3 Å². The second kappa shape index (κ2) is 12.0. The Labute approximate surface area is 210 Å². The summed E-state index contributed by atoms with van der Waals surface area (Å²) in [4.78, 5) is 21.0. The van der Waals surface area contributed by atoms with Gasteiger partial charge in [0, 0.05) is 16.3 Å². The van der Waals surface area contributed by atoms with Crippen LogP contribution in [-0.2, 0) is 4.79 Å². The number of thiol groups is 1. The van der Waals surface area contributed by atoms with Crippen LogP contribution in [0.4, 0.5) is 30.7 Å². The van der Waals surface area contributed by atoms with E-state index in [1.54, 1.807) is 12.1 Å². The molecule has 4 nitrogen and oxygen atoms in total. The van der Waals surface area contributed by atoms with Gasteiger partial charge in [-0.15, -0.1) is 12.6 Å². The molecule has 0 atom stereocenters. The first-order chi connectivity index (χ1) is 17.2. The van der Waals surface area contributed by atoms with Crippen molar-refractivity contribution in [1.29, 1.82) is 0 Å². The molecule has 1 N–H and O–H groups in total. The maximum absolute atomic E-state index is 11.8. The SMILES string of the molecule is O=C(O)C(F)(F)C(F)(F)C(F)(F)F.O=c1ccc2ccc(S)cc2o1.c1ccc(-c2ccccc2)cc1. The van der Waals surface area contributed by atoms with Crippen LogP contribution >= 0.6 is 12.6 Å². The number of aliphatic carboxylic acids is 1. The van der Waals surface area contributed by atoms with E-state index < -0.39 is 24.0 Å². The molecule has 1 heterocycles. The van der Waals surface area contributed by atoms with E-state index in [4.69, 9.17) is 9.52 Å². The van der Waals surface area contributed by atoms with Crippen molar-refractivity contribution in [3.63, 3.8) is 0 Å². The van der Waals surface area contributed by atoms with Crippen LogP contribution in [0, 0.1) is 0 Å². The van der Waals surface area contributed by atoms with Crippen molar-refractivity contribution in [3.05, 3.63) is 101 Å². The highest BCUT2D eigenvalue weighted by Crippen LogP contribution is 2.46. The Bertz CT molecular complexity index is 1340. The maximum atomic E-state index is 11.8. The van der Waals surface area contributed by atoms with Gasteiger partial charge in [0.05, 0.1) is 0 Å². The van der Waals surface area contributed by atoms with Crippen molar-refractivity contribution in [2.75, 3.05) is 0 Å². The van der Waals surface area contributed by atoms with E-state index in [9.17, 15) is 40.3 Å². The Morgan fingerprint density at radius 3 is 1.59 bits per heavy atom. The van der Waals surface area contributed by atoms with Crippen LogP contribution in [-0.4, -0.2) is 29.1 Å². The Balaban J connectivity index is 0.000000195. The van der Waals surface area contributed by atoms with Crippen LogP contribution in [0.3, 0.4) is 0 Å². The highest BCUT2D eigenvalue weighted by atomic mass is 32.1. The van der Waals surface area contributed by atoms with Gasteiger partial charge in [-0.3, -0.25) is 0 Å². The summed E-state index contributed by atoms with van der Waals surface area (Å²) in [7, 11) is 0. The largest absolute Gasteiger partial charge is 0.477 e. The second-order valence-electron chi connectivity index (χ2n) is 7.16. The number of carbonyl (C=O) groups is 1. The van der Waals surface area contributed by atoms with E-state index in [-0.39, 0.29) is 5.63 Å². The minimum Gasteiger partial charge on any atom is -0.477 e. The number of fused-ring (bicyclic) bond motifs is 1. The summed E-state index contributed by atoms with van der Waals surface area (Å²) in [6.07, 6.45) is -6.60. The van der Waals surface area contributed by atoms with Crippen molar-refractivity contribution in [1.82, 2.24) is 0 Å². The van der Waals surface area contributed by atoms with Gasteiger partial charge in [0.25, 0.3) is 0 Å². The molecule has 0 saturated heterocycles. The third-order valence-corrected chi connectivity index (χ3v) is 4.78. The lowest BCUT2D eigenvalue weighted by Crippen LogP contribution is -2.56. The van der Waals surface area contributed by atoms with Crippen LogP contribution in [0.2, 0.25) is 0 Å². The van der Waals surface area contributed by atoms with Gasteiger partial charge < -0.3 is 9.52 Å². The molecular weight excluding hydrogens is 529 g/mol. The number of hydrogen-bond donors (Lipinski definition) is 2. The number of alkyl halides is 7. The number of carboxylic acids is 1. The predicted molar refractivity (Wildman–Crippen MR) is 125 cm³/mol. The maximum Gasteiger partial charge on any atom is 0.460 e. The summed E-state index contributed by atoms with van der Waals surface area (Å²) in [5, 5.41) is 8.32. The Morgan fingerprint density at radius 2 is 1.19 bits per heavy atom. The van der Waals surface area contributed by atoms with Gasteiger partial charge in [0.1, 0.15) is 5.58 Å². The standard InChI is InChI=1S/C12H10.C9H6O2S.C4HF7O2/c1-3-7-11(8-4-1)12-9-5-2-6-10-12;10-9-4-2-6-1-3-7(12)5-8(6)11-9;5-2(6,1(12)13)3(7,8)4(9,10)11/h1-10H;1-5,12H;(H,12,13). The predicted octanol–water partition coefficient (Wildman–Crippen LogP) is 7.34. The lowest BCUT2D eigenvalue weighted by Gasteiger charge is -2.24. The van der Waals surface area contributed by atoms with Crippen LogP contribution in [0.5, 0.6) is 0 Å². The van der Waals surface area contributed by atoms with Gasteiger partial charge in [-0.25, -0.2) is 9.59 Å². The van der Waals surface area contributed by atoms with E-state index in [0.29, 0.717) is 5.58 Å². The van der Waals surface area contributed by atoms with E-state index in [2.05, 4.69) is 61.2 Å². The molecule has 0 aliphatic carbocycles. The third kappa shape index (κ3) is 7.59. The smallest absolute Gasteiger partial charge is 0.460 e. The minimum absolute atomic E-state index is 0.332. The van der Waals surface area contributed by atoms with Crippen molar-refractivity contribution in [2.24, 2.45) is 0 Å². The number of benzene rings is 3. The number of halogens is 7. The fourth-order valence-electron chi connectivity index (χ4n) is 2.62. The topological polar surface area (TPSA) is 67.5 Å². The first-order valence-electron chi connectivity index (χ1n) is 10.1. The molecule has 37 heavy (non-hydrogen) atoms. The van der Waals surface area contributed by atoms with Crippen molar-refractivity contribution >= 4 is 29.6 Å². The molecule has 1 aromatic heterocycles. The molecule has 0 unspecified atom stereocenters. The van der Waals surface area contributed by atoms with E-state index in [0.717, 1.165) is 10.3 Å². The molecule has 0 bridgehead atoms. The molecule has 12 heteroatoms. The number of hydrogen-bond acceptors (Lipinski definition) is 4. The van der Waals surface area contributed by atoms with E-state index >= 15 is 0 Å². The monoisotopic (exact) mass is 546 g/mol. The van der Waals surface area contributed by atoms with Crippen LogP contribution in [0.1, 0.15) is 0 Å². The molecular formula is C25H17F7O4S. The Morgan fingerprint density at radius 1 is 0.730 bits per heavy atom. The Kier molecular flexibility index (Phi) is 9.51. The zero-order valence-corrected chi connectivity index (χ0v) is 19.3. The first kappa shape index (κ1) is 29.4. The lowest BCUT2D eigenvalue weighted by atomic mass is 10.1. The molecule has 0 saturated carbocycles. The van der Waals surface area contributed by atoms with Crippen LogP contribution < -0.4 is 5.63 Å². The van der Waals surface area contributed by atoms with Crippen LogP contribution in [0.15, 0.2) is 105 Å². The van der Waals surface area contributed by atoms with E-state index in [1.807, 2.05) is 24.3 Å². The summed E-state index contributed by atoms with van der Waals surface area (Å²) in [5.74, 6) is -16.3. The fraction of sp³-hybridized carbons (Fsp3) is 0.120. The Hall–Kier alpha value is -3.80. The minimum atomic E-state index is -6.60. The summed E-state index contributed by atoms with van der Waals surface area (Å²) in [6, 6.07) is 29.4. The second-order valence-corrected chi connectivity index (χ2v) is 7.68. The molecule has 0 fully saturated rings. The van der Waals surface area contributed by atoms with Gasteiger partial charge in [-0.2, -0.15) is 30.7 Å². The number of carboxylic acid groups (broad SMARTS) is 1. The highest BCUT2D eigenvalue weighted by Gasteiger charge is 2.76. The van der Waals surface area contributed by atoms with Crippen molar-refractivity contribution in [2.45, 2.75) is 22.9 Å². The highest BCUT2D eigenvalue weighted by molar-refractivity contribution is 7.80. The lowest BCUT2D eigenvalue weighted by molar-refractivity contribution is -0.347. The molecule has 4 rings (SSSR count).